The molecule has 1 aliphatic carbocycles. The van der Waals surface area contributed by atoms with E-state index >= 15 is 0 Å². The summed E-state index contributed by atoms with van der Waals surface area (Å²) in [5.74, 6) is 0.0374. The normalized spacial score (nSPS) is 19.1. The minimum absolute atomic E-state index is 0.159. The Morgan fingerprint density at radius 3 is 1.57 bits per heavy atom. The quantitative estimate of drug-likeness (QED) is 0.520. The fourth-order valence-corrected chi connectivity index (χ4v) is 4.14. The van der Waals surface area contributed by atoms with Crippen LogP contribution in [-0.2, 0) is 0 Å². The Balaban J connectivity index is 1.30. The van der Waals surface area contributed by atoms with E-state index in [1.807, 2.05) is 48.5 Å². The van der Waals surface area contributed by atoms with Gasteiger partial charge in [-0.05, 0) is 37.1 Å². The topological polar surface area (TPSA) is 84.5 Å². The average Bonchev–Trinajstić information content (AvgIpc) is 3.39. The Morgan fingerprint density at radius 2 is 1.13 bits per heavy atom. The lowest BCUT2D eigenvalue weighted by Crippen LogP contribution is -2.53. The molecule has 0 radical (unpaired) electrons. The summed E-state index contributed by atoms with van der Waals surface area (Å²) in [5, 5.41) is 7.88. The number of fused-ring (bicyclic) bond motifs is 2. The van der Waals surface area contributed by atoms with Crippen molar-refractivity contribution in [1.29, 1.82) is 0 Å². The summed E-state index contributed by atoms with van der Waals surface area (Å²) in [7, 11) is 0. The summed E-state index contributed by atoms with van der Waals surface area (Å²) in [6, 6.07) is 18.2. The van der Waals surface area contributed by atoms with Crippen molar-refractivity contribution in [2.45, 2.75) is 37.8 Å². The largest absolute Gasteiger partial charge is 0.451 e. The van der Waals surface area contributed by atoms with Crippen LogP contribution < -0.4 is 10.6 Å². The van der Waals surface area contributed by atoms with E-state index in [9.17, 15) is 9.59 Å². The van der Waals surface area contributed by atoms with Crippen molar-refractivity contribution < 1.29 is 18.4 Å². The van der Waals surface area contributed by atoms with E-state index in [4.69, 9.17) is 8.83 Å². The van der Waals surface area contributed by atoms with E-state index in [0.29, 0.717) is 11.2 Å². The van der Waals surface area contributed by atoms with E-state index in [1.54, 1.807) is 12.1 Å². The summed E-state index contributed by atoms with van der Waals surface area (Å²) in [4.78, 5) is 25.5. The minimum Gasteiger partial charge on any atom is -0.451 e. The first-order chi connectivity index (χ1) is 14.7. The van der Waals surface area contributed by atoms with Crippen LogP contribution in [0.15, 0.2) is 69.5 Å². The molecule has 0 bridgehead atoms. The smallest absolute Gasteiger partial charge is 0.287 e. The summed E-state index contributed by atoms with van der Waals surface area (Å²) >= 11 is 0. The maximum atomic E-state index is 12.8. The third kappa shape index (κ3) is 3.56. The molecule has 2 N–H and O–H groups in total. The van der Waals surface area contributed by atoms with Gasteiger partial charge >= 0.3 is 0 Å². The van der Waals surface area contributed by atoms with Crippen LogP contribution in [-0.4, -0.2) is 23.9 Å². The van der Waals surface area contributed by atoms with Gasteiger partial charge in [-0.2, -0.15) is 0 Å². The number of nitrogens with one attached hydrogen (secondary N) is 2. The lowest BCUT2D eigenvalue weighted by atomic mass is 9.90. The molecule has 2 amide bonds. The summed E-state index contributed by atoms with van der Waals surface area (Å²) in [6.07, 6.45) is 3.61. The number of hydrogen-bond acceptors (Lipinski definition) is 4. The fraction of sp³-hybridized carbons (Fsp3) is 0.250. The predicted octanol–water partition coefficient (Wildman–Crippen LogP) is 4.65. The molecule has 2 heterocycles. The van der Waals surface area contributed by atoms with E-state index in [0.717, 1.165) is 36.5 Å². The Morgan fingerprint density at radius 1 is 0.700 bits per heavy atom. The number of para-hydroxylation sites is 2. The molecule has 30 heavy (non-hydrogen) atoms. The lowest BCUT2D eigenvalue weighted by molar-refractivity contribution is 0.0837. The van der Waals surface area contributed by atoms with Gasteiger partial charge in [-0.25, -0.2) is 0 Å². The third-order valence-corrected chi connectivity index (χ3v) is 5.70. The molecular formula is C24H22N2O4. The molecule has 1 aliphatic rings. The van der Waals surface area contributed by atoms with Crippen molar-refractivity contribution >= 4 is 33.8 Å². The second-order valence-corrected chi connectivity index (χ2v) is 7.74. The summed E-state index contributed by atoms with van der Waals surface area (Å²) < 4.78 is 11.4. The SMILES string of the molecule is O=C(NC1CCCCC1NC(=O)c1cc2ccccc2o1)c1cc2ccccc2o1. The minimum atomic E-state index is -0.263. The second-order valence-electron chi connectivity index (χ2n) is 7.74. The summed E-state index contributed by atoms with van der Waals surface area (Å²) in [6.45, 7) is 0. The van der Waals surface area contributed by atoms with Crippen molar-refractivity contribution in [2.24, 2.45) is 0 Å². The number of rotatable bonds is 4. The van der Waals surface area contributed by atoms with Gasteiger partial charge in [0.2, 0.25) is 0 Å². The zero-order valence-electron chi connectivity index (χ0n) is 16.4. The van der Waals surface area contributed by atoms with Crippen LogP contribution in [0.25, 0.3) is 21.9 Å². The number of amides is 2. The maximum absolute atomic E-state index is 12.8. The molecule has 2 aromatic carbocycles. The molecule has 0 aliphatic heterocycles. The molecule has 4 aromatic rings. The van der Waals surface area contributed by atoms with Gasteiger partial charge in [0.05, 0.1) is 0 Å². The summed E-state index contributed by atoms with van der Waals surface area (Å²) in [5.41, 5.74) is 1.36. The van der Waals surface area contributed by atoms with E-state index in [1.165, 1.54) is 0 Å². The molecule has 2 atom stereocenters. The van der Waals surface area contributed by atoms with Crippen molar-refractivity contribution in [2.75, 3.05) is 0 Å². The van der Waals surface area contributed by atoms with E-state index in [-0.39, 0.29) is 35.4 Å². The van der Waals surface area contributed by atoms with Crippen molar-refractivity contribution in [3.05, 3.63) is 72.2 Å². The van der Waals surface area contributed by atoms with E-state index in [2.05, 4.69) is 10.6 Å². The molecule has 0 saturated heterocycles. The van der Waals surface area contributed by atoms with Crippen molar-refractivity contribution in [1.82, 2.24) is 10.6 Å². The van der Waals surface area contributed by atoms with Gasteiger partial charge in [-0.3, -0.25) is 9.59 Å². The standard InChI is InChI=1S/C24H22N2O4/c27-23(21-13-15-7-1-5-11-19(15)29-21)25-17-9-3-4-10-18(17)26-24(28)22-14-16-8-2-6-12-20(16)30-22/h1-2,5-8,11-14,17-18H,3-4,9-10H2,(H,25,27)(H,26,28). The van der Waals surface area contributed by atoms with Crippen LogP contribution in [0, 0.1) is 0 Å². The number of furan rings is 2. The van der Waals surface area contributed by atoms with Gasteiger partial charge in [0.15, 0.2) is 11.5 Å². The number of carbonyl (C=O) groups is 2. The van der Waals surface area contributed by atoms with Crippen LogP contribution >= 0.6 is 0 Å². The van der Waals surface area contributed by atoms with Gasteiger partial charge in [-0.15, -0.1) is 0 Å². The molecular weight excluding hydrogens is 380 g/mol. The molecule has 0 spiro atoms. The zero-order valence-corrected chi connectivity index (χ0v) is 16.4. The third-order valence-electron chi connectivity index (χ3n) is 5.70. The van der Waals surface area contributed by atoms with Gasteiger partial charge in [0.25, 0.3) is 11.8 Å². The average molecular weight is 402 g/mol. The highest BCUT2D eigenvalue weighted by molar-refractivity contribution is 5.97. The number of benzene rings is 2. The molecule has 6 heteroatoms. The van der Waals surface area contributed by atoms with Gasteiger partial charge in [0, 0.05) is 22.9 Å². The fourth-order valence-electron chi connectivity index (χ4n) is 4.14. The molecule has 1 fully saturated rings. The van der Waals surface area contributed by atoms with Crippen LogP contribution in [0.4, 0.5) is 0 Å². The number of carbonyl (C=O) groups excluding carboxylic acids is 2. The Hall–Kier alpha value is -3.54. The molecule has 2 aromatic heterocycles. The molecule has 152 valence electrons. The monoisotopic (exact) mass is 402 g/mol. The molecule has 6 nitrogen and oxygen atoms in total. The first-order valence-corrected chi connectivity index (χ1v) is 10.3. The van der Waals surface area contributed by atoms with Crippen LogP contribution in [0.5, 0.6) is 0 Å². The highest BCUT2D eigenvalue weighted by Crippen LogP contribution is 2.23. The van der Waals surface area contributed by atoms with Crippen molar-refractivity contribution in [3.8, 4) is 0 Å². The number of hydrogen-bond donors (Lipinski definition) is 2. The Labute approximate surface area is 173 Å². The first-order valence-electron chi connectivity index (χ1n) is 10.3. The highest BCUT2D eigenvalue weighted by Gasteiger charge is 2.30. The van der Waals surface area contributed by atoms with Crippen LogP contribution in [0.3, 0.4) is 0 Å². The molecule has 2 unspecified atom stereocenters. The Bertz CT molecular complexity index is 1060. The highest BCUT2D eigenvalue weighted by atomic mass is 16.4. The van der Waals surface area contributed by atoms with Gasteiger partial charge < -0.3 is 19.5 Å². The predicted molar refractivity (Wildman–Crippen MR) is 113 cm³/mol. The van der Waals surface area contributed by atoms with E-state index < -0.39 is 0 Å². The van der Waals surface area contributed by atoms with Crippen molar-refractivity contribution in [3.63, 3.8) is 0 Å². The van der Waals surface area contributed by atoms with Gasteiger partial charge in [0.1, 0.15) is 11.2 Å². The molecule has 5 rings (SSSR count). The van der Waals surface area contributed by atoms with Gasteiger partial charge in [-0.1, -0.05) is 49.2 Å². The Kier molecular flexibility index (Phi) is 4.75. The maximum Gasteiger partial charge on any atom is 0.287 e. The zero-order chi connectivity index (χ0) is 20.5. The van der Waals surface area contributed by atoms with Crippen LogP contribution in [0.1, 0.15) is 46.8 Å². The first kappa shape index (κ1) is 18.5. The van der Waals surface area contributed by atoms with Crippen LogP contribution in [0.2, 0.25) is 0 Å². The lowest BCUT2D eigenvalue weighted by Gasteiger charge is -2.32. The molecule has 1 saturated carbocycles. The second kappa shape index (κ2) is 7.71.